The van der Waals surface area contributed by atoms with Crippen LogP contribution in [0.4, 0.5) is 10.6 Å². The Hall–Kier alpha value is -2.37. The number of amides is 1. The minimum absolute atomic E-state index is 0.128. The molecule has 1 aromatic rings. The number of nitrogens with zero attached hydrogens (tertiary/aromatic N) is 4. The molecule has 1 amide bonds. The number of ether oxygens (including phenoxy) is 3. The van der Waals surface area contributed by atoms with Crippen molar-refractivity contribution in [3.63, 3.8) is 0 Å². The minimum Gasteiger partial charge on any atom is -0.444 e. The van der Waals surface area contributed by atoms with Gasteiger partial charge in [0, 0.05) is 38.8 Å². The van der Waals surface area contributed by atoms with Crippen molar-refractivity contribution in [1.82, 2.24) is 9.88 Å². The van der Waals surface area contributed by atoms with E-state index in [1.807, 2.05) is 32.9 Å². The van der Waals surface area contributed by atoms with Gasteiger partial charge in [-0.05, 0) is 76.3 Å². The number of anilines is 1. The first kappa shape index (κ1) is 27.7. The SMILES string of the molecule is CC(C)C1CCC(CN(CCC2OCC3(CO2)CN(C(=O)OC(C)(C)C)C3)c2ccc(C#N)cn2)CC1. The van der Waals surface area contributed by atoms with Crippen LogP contribution in [-0.4, -0.2) is 67.3 Å². The van der Waals surface area contributed by atoms with Gasteiger partial charge in [-0.25, -0.2) is 9.78 Å². The van der Waals surface area contributed by atoms with E-state index in [1.165, 1.54) is 25.7 Å². The van der Waals surface area contributed by atoms with Crippen molar-refractivity contribution in [3.05, 3.63) is 23.9 Å². The fourth-order valence-electron chi connectivity index (χ4n) is 5.75. The van der Waals surface area contributed by atoms with Gasteiger partial charge >= 0.3 is 6.09 Å². The summed E-state index contributed by atoms with van der Waals surface area (Å²) in [6, 6.07) is 5.96. The lowest BCUT2D eigenvalue weighted by Crippen LogP contribution is -2.65. The van der Waals surface area contributed by atoms with E-state index >= 15 is 0 Å². The Balaban J connectivity index is 1.28. The van der Waals surface area contributed by atoms with Crippen LogP contribution in [0.1, 0.15) is 72.3 Å². The molecule has 0 N–H and O–H groups in total. The Bertz CT molecular complexity index is 928. The van der Waals surface area contributed by atoms with E-state index in [1.54, 1.807) is 11.1 Å². The zero-order valence-corrected chi connectivity index (χ0v) is 23.2. The zero-order valence-electron chi connectivity index (χ0n) is 23.2. The number of pyridine rings is 1. The van der Waals surface area contributed by atoms with Crippen LogP contribution in [-0.2, 0) is 14.2 Å². The van der Waals surface area contributed by atoms with E-state index in [0.29, 0.717) is 37.8 Å². The minimum atomic E-state index is -0.492. The maximum atomic E-state index is 12.3. The smallest absolute Gasteiger partial charge is 0.410 e. The maximum Gasteiger partial charge on any atom is 0.410 e. The molecular weight excluding hydrogens is 468 g/mol. The van der Waals surface area contributed by atoms with Crippen molar-refractivity contribution in [2.24, 2.45) is 23.2 Å². The molecule has 3 aliphatic rings. The highest BCUT2D eigenvalue weighted by molar-refractivity contribution is 5.69. The number of nitriles is 1. The summed E-state index contributed by atoms with van der Waals surface area (Å²) in [7, 11) is 0. The Kier molecular flexibility index (Phi) is 8.65. The molecule has 2 aliphatic heterocycles. The number of rotatable bonds is 7. The summed E-state index contributed by atoms with van der Waals surface area (Å²) < 4.78 is 17.7. The molecule has 37 heavy (non-hydrogen) atoms. The van der Waals surface area contributed by atoms with Crippen molar-refractivity contribution in [2.45, 2.75) is 78.6 Å². The standard InChI is InChI=1S/C29H44N4O4/c1-21(2)24-9-6-22(7-10-24)16-32(25-11-8-23(14-30)15-31-25)13-12-26-35-19-29(20-36-26)17-33(18-29)27(34)37-28(3,4)5/h8,11,15,21-22,24,26H,6-7,9-10,12-13,16-20H2,1-5H3. The zero-order chi connectivity index (χ0) is 26.6. The fraction of sp³-hybridized carbons (Fsp3) is 0.759. The molecule has 0 aromatic carbocycles. The summed E-state index contributed by atoms with van der Waals surface area (Å²) in [5.41, 5.74) is -0.0450. The summed E-state index contributed by atoms with van der Waals surface area (Å²) in [6.07, 6.45) is 6.97. The second-order valence-electron chi connectivity index (χ2n) is 12.7. The molecule has 0 unspecified atom stereocenters. The third kappa shape index (κ3) is 7.36. The van der Waals surface area contributed by atoms with Gasteiger partial charge in [0.25, 0.3) is 0 Å². The molecule has 0 atom stereocenters. The predicted molar refractivity (Wildman–Crippen MR) is 142 cm³/mol. The van der Waals surface area contributed by atoms with Gasteiger partial charge in [-0.2, -0.15) is 5.26 Å². The van der Waals surface area contributed by atoms with Crippen molar-refractivity contribution in [1.29, 1.82) is 5.26 Å². The highest BCUT2D eigenvalue weighted by atomic mass is 16.7. The molecule has 4 rings (SSSR count). The Labute approximate surface area is 222 Å². The highest BCUT2D eigenvalue weighted by Gasteiger charge is 2.49. The molecule has 1 aliphatic carbocycles. The normalized spacial score (nSPS) is 24.0. The fourth-order valence-corrected chi connectivity index (χ4v) is 5.75. The lowest BCUT2D eigenvalue weighted by molar-refractivity contribution is -0.254. The predicted octanol–water partition coefficient (Wildman–Crippen LogP) is 5.22. The average Bonchev–Trinajstić information content (AvgIpc) is 2.84. The van der Waals surface area contributed by atoms with E-state index in [9.17, 15) is 4.79 Å². The third-order valence-electron chi connectivity index (χ3n) is 8.00. The summed E-state index contributed by atoms with van der Waals surface area (Å²) in [5, 5.41) is 9.17. The molecule has 2 saturated heterocycles. The van der Waals surface area contributed by atoms with Crippen molar-refractivity contribution in [2.75, 3.05) is 44.3 Å². The summed E-state index contributed by atoms with van der Waals surface area (Å²) in [4.78, 5) is 20.9. The van der Waals surface area contributed by atoms with Gasteiger partial charge < -0.3 is 24.0 Å². The molecule has 3 fully saturated rings. The number of aromatic nitrogens is 1. The first-order valence-electron chi connectivity index (χ1n) is 13.9. The molecular formula is C29H44N4O4. The number of hydrogen-bond donors (Lipinski definition) is 0. The van der Waals surface area contributed by atoms with E-state index in [2.05, 4.69) is 29.8 Å². The van der Waals surface area contributed by atoms with Gasteiger partial charge in [-0.1, -0.05) is 13.8 Å². The molecule has 0 bridgehead atoms. The average molecular weight is 513 g/mol. The molecule has 1 saturated carbocycles. The van der Waals surface area contributed by atoms with E-state index in [0.717, 1.165) is 37.2 Å². The lowest BCUT2D eigenvalue weighted by atomic mass is 9.77. The van der Waals surface area contributed by atoms with Crippen LogP contribution in [0.3, 0.4) is 0 Å². The van der Waals surface area contributed by atoms with Crippen LogP contribution in [0.25, 0.3) is 0 Å². The van der Waals surface area contributed by atoms with Crippen LogP contribution < -0.4 is 4.90 Å². The topological polar surface area (TPSA) is 87.9 Å². The van der Waals surface area contributed by atoms with Crippen molar-refractivity contribution < 1.29 is 19.0 Å². The van der Waals surface area contributed by atoms with Gasteiger partial charge in [-0.3, -0.25) is 0 Å². The molecule has 1 aromatic heterocycles. The summed E-state index contributed by atoms with van der Waals surface area (Å²) in [5.74, 6) is 3.15. The lowest BCUT2D eigenvalue weighted by Gasteiger charge is -2.52. The highest BCUT2D eigenvalue weighted by Crippen LogP contribution is 2.37. The van der Waals surface area contributed by atoms with Gasteiger partial charge in [-0.15, -0.1) is 0 Å². The van der Waals surface area contributed by atoms with Crippen LogP contribution in [0.2, 0.25) is 0 Å². The number of carbonyl (C=O) groups excluding carboxylic acids is 1. The third-order valence-corrected chi connectivity index (χ3v) is 8.00. The van der Waals surface area contributed by atoms with Crippen LogP contribution >= 0.6 is 0 Å². The molecule has 3 heterocycles. The van der Waals surface area contributed by atoms with E-state index < -0.39 is 5.60 Å². The quantitative estimate of drug-likeness (QED) is 0.495. The van der Waals surface area contributed by atoms with Crippen molar-refractivity contribution >= 4 is 11.9 Å². The Morgan fingerprint density at radius 1 is 1.22 bits per heavy atom. The second kappa shape index (κ2) is 11.6. The molecule has 8 heteroatoms. The Morgan fingerprint density at radius 2 is 1.89 bits per heavy atom. The van der Waals surface area contributed by atoms with Gasteiger partial charge in [0.1, 0.15) is 17.5 Å². The largest absolute Gasteiger partial charge is 0.444 e. The monoisotopic (exact) mass is 512 g/mol. The van der Waals surface area contributed by atoms with Gasteiger partial charge in [0.15, 0.2) is 6.29 Å². The number of hydrogen-bond acceptors (Lipinski definition) is 7. The van der Waals surface area contributed by atoms with Crippen LogP contribution in [0, 0.1) is 34.5 Å². The van der Waals surface area contributed by atoms with Crippen LogP contribution in [0.5, 0.6) is 0 Å². The summed E-state index contributed by atoms with van der Waals surface area (Å²) in [6.45, 7) is 14.5. The van der Waals surface area contributed by atoms with Crippen LogP contribution in [0.15, 0.2) is 18.3 Å². The van der Waals surface area contributed by atoms with E-state index in [4.69, 9.17) is 19.5 Å². The molecule has 8 nitrogen and oxygen atoms in total. The molecule has 0 radical (unpaired) electrons. The van der Waals surface area contributed by atoms with Gasteiger partial charge in [0.05, 0.1) is 24.2 Å². The molecule has 1 spiro atoms. The Morgan fingerprint density at radius 3 is 2.43 bits per heavy atom. The first-order valence-corrected chi connectivity index (χ1v) is 13.9. The van der Waals surface area contributed by atoms with Gasteiger partial charge in [0.2, 0.25) is 0 Å². The van der Waals surface area contributed by atoms with E-state index in [-0.39, 0.29) is 17.8 Å². The second-order valence-corrected chi connectivity index (χ2v) is 12.7. The molecule has 204 valence electrons. The number of likely N-dealkylation sites (tertiary alicyclic amines) is 1. The maximum absolute atomic E-state index is 12.3. The first-order chi connectivity index (χ1) is 17.6. The van der Waals surface area contributed by atoms with Crippen molar-refractivity contribution in [3.8, 4) is 6.07 Å². The summed E-state index contributed by atoms with van der Waals surface area (Å²) >= 11 is 0. The number of carbonyl (C=O) groups is 1.